The van der Waals surface area contributed by atoms with Crippen molar-refractivity contribution in [3.05, 3.63) is 12.2 Å². The van der Waals surface area contributed by atoms with Crippen LogP contribution < -0.4 is 0 Å². The molecule has 0 fully saturated rings. The van der Waals surface area contributed by atoms with Gasteiger partial charge in [0.2, 0.25) is 0 Å². The summed E-state index contributed by atoms with van der Waals surface area (Å²) < 4.78 is 4.12. The highest BCUT2D eigenvalue weighted by Gasteiger charge is 2.28. The van der Waals surface area contributed by atoms with Crippen LogP contribution in [0.25, 0.3) is 0 Å². The second-order valence-electron chi connectivity index (χ2n) is 3.08. The van der Waals surface area contributed by atoms with E-state index in [0.717, 1.165) is 17.1 Å². The predicted octanol–water partition coefficient (Wildman–Crippen LogP) is -0.176. The van der Waals surface area contributed by atoms with Crippen molar-refractivity contribution in [1.29, 1.82) is 0 Å². The first-order chi connectivity index (χ1) is 8.04. The molecule has 0 spiro atoms. The van der Waals surface area contributed by atoms with Crippen molar-refractivity contribution in [3.8, 4) is 0 Å². The van der Waals surface area contributed by atoms with E-state index in [1.165, 1.54) is 0 Å². The number of amides is 2. The lowest BCUT2D eigenvalue weighted by atomic mass is 10.3. The van der Waals surface area contributed by atoms with Crippen LogP contribution in [0.4, 0.5) is 0 Å². The maximum absolute atomic E-state index is 11.2. The van der Waals surface area contributed by atoms with Crippen molar-refractivity contribution in [2.24, 2.45) is 0 Å². The molecule has 0 aromatic heterocycles. The van der Waals surface area contributed by atoms with Crippen LogP contribution in [0.2, 0.25) is 0 Å². The SMILES string of the molecule is O=C(O)CC(CN1C(=O)C=CC1=O)SOOO. The van der Waals surface area contributed by atoms with Crippen molar-refractivity contribution in [2.45, 2.75) is 11.7 Å². The molecule has 0 radical (unpaired) electrons. The maximum Gasteiger partial charge on any atom is 0.304 e. The first-order valence-corrected chi connectivity index (χ1v) is 5.24. The van der Waals surface area contributed by atoms with E-state index in [9.17, 15) is 14.4 Å². The summed E-state index contributed by atoms with van der Waals surface area (Å²) in [5.41, 5.74) is 0. The lowest BCUT2D eigenvalue weighted by molar-refractivity contribution is -0.432. The Morgan fingerprint density at radius 1 is 1.41 bits per heavy atom. The lowest BCUT2D eigenvalue weighted by Crippen LogP contribution is -2.36. The van der Waals surface area contributed by atoms with Crippen molar-refractivity contribution >= 4 is 29.8 Å². The van der Waals surface area contributed by atoms with E-state index in [-0.39, 0.29) is 13.0 Å². The largest absolute Gasteiger partial charge is 0.481 e. The number of aliphatic carboxylic acids is 1. The Bertz CT molecular complexity index is 338. The minimum atomic E-state index is -1.13. The third kappa shape index (κ3) is 4.15. The first kappa shape index (κ1) is 13.6. The molecule has 9 heteroatoms. The summed E-state index contributed by atoms with van der Waals surface area (Å²) >= 11 is 0.514. The van der Waals surface area contributed by atoms with Crippen LogP contribution in [-0.2, 0) is 23.8 Å². The fraction of sp³-hybridized carbons (Fsp3) is 0.375. The molecular weight excluding hydrogens is 254 g/mol. The number of hydrogen-bond donors (Lipinski definition) is 2. The van der Waals surface area contributed by atoms with Gasteiger partial charge in [-0.15, -0.1) is 4.33 Å². The molecule has 1 unspecified atom stereocenters. The van der Waals surface area contributed by atoms with Gasteiger partial charge >= 0.3 is 5.97 Å². The smallest absolute Gasteiger partial charge is 0.304 e. The monoisotopic (exact) mass is 263 g/mol. The zero-order chi connectivity index (χ0) is 12.8. The van der Waals surface area contributed by atoms with E-state index in [1.54, 1.807) is 0 Å². The number of carboxylic acid groups (broad SMARTS) is 1. The molecule has 94 valence electrons. The molecule has 1 heterocycles. The summed E-state index contributed by atoms with van der Waals surface area (Å²) in [5, 5.41) is 19.2. The van der Waals surface area contributed by atoms with Gasteiger partial charge in [-0.3, -0.25) is 19.3 Å². The minimum Gasteiger partial charge on any atom is -0.481 e. The first-order valence-electron chi connectivity index (χ1n) is 4.43. The Morgan fingerprint density at radius 2 is 2.00 bits per heavy atom. The van der Waals surface area contributed by atoms with Crippen LogP contribution in [0.3, 0.4) is 0 Å². The molecular formula is C8H9NO7S. The molecule has 0 saturated carbocycles. The van der Waals surface area contributed by atoms with E-state index in [2.05, 4.69) is 9.37 Å². The zero-order valence-corrected chi connectivity index (χ0v) is 9.25. The van der Waals surface area contributed by atoms with E-state index < -0.39 is 23.0 Å². The minimum absolute atomic E-state index is 0.148. The van der Waals surface area contributed by atoms with E-state index in [1.807, 2.05) is 0 Å². The van der Waals surface area contributed by atoms with Crippen LogP contribution >= 0.6 is 12.0 Å². The van der Waals surface area contributed by atoms with E-state index in [4.69, 9.17) is 10.4 Å². The molecule has 2 N–H and O–H groups in total. The van der Waals surface area contributed by atoms with Crippen molar-refractivity contribution < 1.29 is 34.1 Å². The topological polar surface area (TPSA) is 113 Å². The molecule has 0 saturated heterocycles. The van der Waals surface area contributed by atoms with Gasteiger partial charge in [0.1, 0.15) is 0 Å². The van der Waals surface area contributed by atoms with Crippen molar-refractivity contribution in [3.63, 3.8) is 0 Å². The number of carbonyl (C=O) groups is 3. The molecule has 1 aliphatic heterocycles. The van der Waals surface area contributed by atoms with Crippen LogP contribution in [-0.4, -0.2) is 44.8 Å². The summed E-state index contributed by atoms with van der Waals surface area (Å²) in [6.45, 7) is -0.148. The van der Waals surface area contributed by atoms with Gasteiger partial charge in [-0.1, -0.05) is 5.04 Å². The van der Waals surface area contributed by atoms with E-state index >= 15 is 0 Å². The Kier molecular flexibility index (Phi) is 5.10. The third-order valence-electron chi connectivity index (χ3n) is 1.89. The molecule has 0 aromatic rings. The normalized spacial score (nSPS) is 16.6. The highest BCUT2D eigenvalue weighted by molar-refractivity contribution is 7.95. The molecule has 0 aromatic carbocycles. The molecule has 1 aliphatic rings. The quantitative estimate of drug-likeness (QED) is 0.281. The molecule has 1 atom stereocenters. The molecule has 1 rings (SSSR count). The van der Waals surface area contributed by atoms with Gasteiger partial charge < -0.3 is 5.11 Å². The number of hydrogen-bond acceptors (Lipinski definition) is 7. The average molecular weight is 263 g/mol. The van der Waals surface area contributed by atoms with Gasteiger partial charge in [-0.2, -0.15) is 0 Å². The standard InChI is InChI=1S/C8H9NO7S/c10-6-1-2-7(11)9(6)4-5(3-8(12)13)17-16-15-14/h1-2,5,14H,3-4H2,(H,12,13). The molecule has 0 aliphatic carbocycles. The summed E-state index contributed by atoms with van der Waals surface area (Å²) in [6.07, 6.45) is 1.83. The second-order valence-corrected chi connectivity index (χ2v) is 4.07. The maximum atomic E-state index is 11.2. The highest BCUT2D eigenvalue weighted by Crippen LogP contribution is 2.19. The number of carbonyl (C=O) groups excluding carboxylic acids is 2. The predicted molar refractivity (Wildman–Crippen MR) is 54.3 cm³/mol. The number of carboxylic acids is 1. The Hall–Kier alpha value is -1.42. The molecule has 17 heavy (non-hydrogen) atoms. The highest BCUT2D eigenvalue weighted by atomic mass is 32.2. The van der Waals surface area contributed by atoms with Gasteiger partial charge in [-0.25, -0.2) is 5.26 Å². The summed E-state index contributed by atoms with van der Waals surface area (Å²) in [7, 11) is 0. The van der Waals surface area contributed by atoms with Crippen molar-refractivity contribution in [1.82, 2.24) is 4.90 Å². The Morgan fingerprint density at radius 3 is 2.47 bits per heavy atom. The van der Waals surface area contributed by atoms with Gasteiger partial charge in [-0.05, 0) is 0 Å². The second kappa shape index (κ2) is 6.35. The van der Waals surface area contributed by atoms with Crippen LogP contribution in [0.15, 0.2) is 12.2 Å². The summed E-state index contributed by atoms with van der Waals surface area (Å²) in [4.78, 5) is 33.8. The summed E-state index contributed by atoms with van der Waals surface area (Å²) in [6, 6.07) is 0. The van der Waals surface area contributed by atoms with Gasteiger partial charge in [0.25, 0.3) is 11.8 Å². The fourth-order valence-electron chi connectivity index (χ4n) is 1.21. The third-order valence-corrected chi connectivity index (χ3v) is 2.62. The van der Waals surface area contributed by atoms with Gasteiger partial charge in [0, 0.05) is 30.7 Å². The molecule has 0 bridgehead atoms. The molecule has 2 amide bonds. The van der Waals surface area contributed by atoms with Gasteiger partial charge in [0.15, 0.2) is 0 Å². The van der Waals surface area contributed by atoms with Crippen molar-refractivity contribution in [2.75, 3.05) is 6.54 Å². The number of rotatable bonds is 7. The fourth-order valence-corrected chi connectivity index (χ4v) is 1.78. The number of imide groups is 1. The lowest BCUT2D eigenvalue weighted by Gasteiger charge is -2.19. The zero-order valence-electron chi connectivity index (χ0n) is 8.44. The average Bonchev–Trinajstić information content (AvgIpc) is 2.56. The molecule has 8 nitrogen and oxygen atoms in total. The van der Waals surface area contributed by atoms with E-state index in [0.29, 0.717) is 12.0 Å². The number of nitrogens with zero attached hydrogens (tertiary/aromatic N) is 1. The van der Waals surface area contributed by atoms with Crippen LogP contribution in [0.5, 0.6) is 0 Å². The van der Waals surface area contributed by atoms with Gasteiger partial charge in [0.05, 0.1) is 11.7 Å². The van der Waals surface area contributed by atoms with Crippen LogP contribution in [0.1, 0.15) is 6.42 Å². The van der Waals surface area contributed by atoms with Crippen LogP contribution in [0, 0.1) is 0 Å². The summed E-state index contributed by atoms with van der Waals surface area (Å²) in [5.74, 6) is -2.16. The Labute approximate surface area is 99.8 Å². The Balaban J connectivity index is 2.55.